The van der Waals surface area contributed by atoms with E-state index in [4.69, 9.17) is 0 Å². The molecule has 1 saturated heterocycles. The molecule has 1 aliphatic rings. The van der Waals surface area contributed by atoms with Crippen LogP contribution in [0.1, 0.15) is 19.0 Å². The molecule has 1 atom stereocenters. The van der Waals surface area contributed by atoms with E-state index in [1.807, 2.05) is 17.5 Å². The molecule has 0 aliphatic carbocycles. The van der Waals surface area contributed by atoms with E-state index in [1.54, 1.807) is 12.4 Å². The average Bonchev–Trinajstić information content (AvgIpc) is 2.88. The van der Waals surface area contributed by atoms with Crippen molar-refractivity contribution in [1.82, 2.24) is 19.7 Å². The van der Waals surface area contributed by atoms with Gasteiger partial charge in [0.1, 0.15) is 4.60 Å². The second-order valence-corrected chi connectivity index (χ2v) is 8.44. The van der Waals surface area contributed by atoms with E-state index >= 15 is 0 Å². The molecule has 2 aromatic rings. The van der Waals surface area contributed by atoms with Crippen LogP contribution in [0.25, 0.3) is 5.65 Å². The summed E-state index contributed by atoms with van der Waals surface area (Å²) in [5, 5.41) is 3.35. The van der Waals surface area contributed by atoms with Gasteiger partial charge in [0.25, 0.3) is 0 Å². The Morgan fingerprint density at radius 3 is 2.95 bits per heavy atom. The van der Waals surface area contributed by atoms with Crippen molar-refractivity contribution in [1.29, 1.82) is 0 Å². The van der Waals surface area contributed by atoms with Crippen LogP contribution in [-0.2, 0) is 16.4 Å². The van der Waals surface area contributed by atoms with Crippen LogP contribution in [0.2, 0.25) is 0 Å². The van der Waals surface area contributed by atoms with Gasteiger partial charge in [-0.1, -0.05) is 0 Å². The quantitative estimate of drug-likeness (QED) is 0.890. The molecule has 0 saturated carbocycles. The van der Waals surface area contributed by atoms with Crippen molar-refractivity contribution in [3.05, 3.63) is 28.9 Å². The predicted molar refractivity (Wildman–Crippen MR) is 79.2 cm³/mol. The topological polar surface area (TPSA) is 76.4 Å². The Balaban J connectivity index is 1.79. The molecule has 0 radical (unpaired) electrons. The van der Waals surface area contributed by atoms with Gasteiger partial charge in [-0.3, -0.25) is 4.40 Å². The maximum absolute atomic E-state index is 11.6. The van der Waals surface area contributed by atoms with Gasteiger partial charge in [-0.05, 0) is 29.3 Å². The zero-order valence-electron chi connectivity index (χ0n) is 11.0. The first-order chi connectivity index (χ1) is 9.37. The number of nitrogens with one attached hydrogen (secondary N) is 1. The van der Waals surface area contributed by atoms with Crippen molar-refractivity contribution < 1.29 is 8.42 Å². The lowest BCUT2D eigenvalue weighted by Crippen LogP contribution is -2.43. The summed E-state index contributed by atoms with van der Waals surface area (Å²) in [5.74, 6) is 0.459. The molecule has 3 rings (SSSR count). The molecule has 3 heterocycles. The lowest BCUT2D eigenvalue weighted by Gasteiger charge is -2.23. The first-order valence-corrected chi connectivity index (χ1v) is 8.91. The minimum atomic E-state index is -2.90. The highest BCUT2D eigenvalue weighted by Crippen LogP contribution is 2.23. The van der Waals surface area contributed by atoms with E-state index in [1.165, 1.54) is 0 Å². The van der Waals surface area contributed by atoms with Crippen LogP contribution < -0.4 is 5.32 Å². The van der Waals surface area contributed by atoms with Crippen LogP contribution in [0.4, 0.5) is 0 Å². The van der Waals surface area contributed by atoms with Crippen molar-refractivity contribution in [2.24, 2.45) is 0 Å². The van der Waals surface area contributed by atoms with Gasteiger partial charge in [0.2, 0.25) is 0 Å². The van der Waals surface area contributed by atoms with Crippen LogP contribution in [0.15, 0.2) is 23.2 Å². The molecule has 1 fully saturated rings. The molecule has 2 aromatic heterocycles. The van der Waals surface area contributed by atoms with E-state index < -0.39 is 9.84 Å². The number of aromatic nitrogens is 3. The van der Waals surface area contributed by atoms with Crippen LogP contribution in [-0.4, -0.2) is 39.8 Å². The van der Waals surface area contributed by atoms with Gasteiger partial charge in [0.05, 0.1) is 29.6 Å². The summed E-state index contributed by atoms with van der Waals surface area (Å²) in [6.07, 6.45) is 5.98. The number of halogens is 1. The molecule has 8 heteroatoms. The summed E-state index contributed by atoms with van der Waals surface area (Å²) in [6.45, 7) is 2.53. The minimum Gasteiger partial charge on any atom is -0.305 e. The molecule has 0 amide bonds. The Kier molecular flexibility index (Phi) is 3.34. The molecule has 1 unspecified atom stereocenters. The van der Waals surface area contributed by atoms with Crippen molar-refractivity contribution in [3.63, 3.8) is 0 Å². The molecule has 0 bridgehead atoms. The van der Waals surface area contributed by atoms with E-state index in [0.29, 0.717) is 13.0 Å². The second kappa shape index (κ2) is 4.78. The third-order valence-corrected chi connectivity index (χ3v) is 5.95. The van der Waals surface area contributed by atoms with Crippen LogP contribution >= 0.6 is 15.9 Å². The Bertz CT molecular complexity index is 758. The third kappa shape index (κ3) is 2.72. The molecule has 1 N–H and O–H groups in total. The van der Waals surface area contributed by atoms with Crippen LogP contribution in [0, 0.1) is 0 Å². The van der Waals surface area contributed by atoms with Gasteiger partial charge in [-0.15, -0.1) is 0 Å². The molecule has 0 spiro atoms. The number of fused-ring (bicyclic) bond motifs is 1. The first-order valence-electron chi connectivity index (χ1n) is 6.30. The van der Waals surface area contributed by atoms with Gasteiger partial charge in [0.15, 0.2) is 15.5 Å². The summed E-state index contributed by atoms with van der Waals surface area (Å²) in [7, 11) is -2.90. The van der Waals surface area contributed by atoms with E-state index in [9.17, 15) is 8.42 Å². The SMILES string of the molecule is CC1(NCc2cnc3cnc(Br)cn23)CCS(=O)(=O)C1. The largest absolute Gasteiger partial charge is 0.305 e. The average molecular weight is 359 g/mol. The lowest BCUT2D eigenvalue weighted by molar-refractivity contribution is 0.392. The standard InChI is InChI=1S/C12H15BrN4O2S/c1-12(2-3-20(18,19)8-12)16-5-9-4-15-11-6-14-10(13)7-17(9)11/h4,6-7,16H,2-3,5,8H2,1H3. The maximum Gasteiger partial charge on any atom is 0.155 e. The van der Waals surface area contributed by atoms with Gasteiger partial charge in [0, 0.05) is 18.3 Å². The zero-order valence-corrected chi connectivity index (χ0v) is 13.4. The zero-order chi connectivity index (χ0) is 14.4. The van der Waals surface area contributed by atoms with E-state index in [-0.39, 0.29) is 17.0 Å². The molecule has 1 aliphatic heterocycles. The Hall–Kier alpha value is -0.990. The fraction of sp³-hybridized carbons (Fsp3) is 0.500. The monoisotopic (exact) mass is 358 g/mol. The number of nitrogens with zero attached hydrogens (tertiary/aromatic N) is 3. The van der Waals surface area contributed by atoms with Crippen LogP contribution in [0.5, 0.6) is 0 Å². The molecule has 20 heavy (non-hydrogen) atoms. The van der Waals surface area contributed by atoms with Gasteiger partial charge in [-0.25, -0.2) is 18.4 Å². The Morgan fingerprint density at radius 1 is 1.45 bits per heavy atom. The number of rotatable bonds is 3. The number of imidazole rings is 1. The fourth-order valence-electron chi connectivity index (χ4n) is 2.50. The van der Waals surface area contributed by atoms with E-state index in [2.05, 4.69) is 31.2 Å². The van der Waals surface area contributed by atoms with Gasteiger partial charge < -0.3 is 5.32 Å². The molecule has 0 aromatic carbocycles. The highest BCUT2D eigenvalue weighted by Gasteiger charge is 2.37. The Morgan fingerprint density at radius 2 is 2.25 bits per heavy atom. The molecule has 108 valence electrons. The normalized spacial score (nSPS) is 25.3. The van der Waals surface area contributed by atoms with Gasteiger partial charge >= 0.3 is 0 Å². The first kappa shape index (κ1) is 14.0. The van der Waals surface area contributed by atoms with Crippen LogP contribution in [0.3, 0.4) is 0 Å². The second-order valence-electron chi connectivity index (χ2n) is 5.44. The molecular formula is C12H15BrN4O2S. The summed E-state index contributed by atoms with van der Waals surface area (Å²) >= 11 is 3.33. The minimum absolute atomic E-state index is 0.196. The van der Waals surface area contributed by atoms with Crippen molar-refractivity contribution >= 4 is 31.4 Å². The molecule has 6 nitrogen and oxygen atoms in total. The highest BCUT2D eigenvalue weighted by molar-refractivity contribution is 9.10. The third-order valence-electron chi connectivity index (χ3n) is 3.64. The summed E-state index contributed by atoms with van der Waals surface area (Å²) in [4.78, 5) is 8.40. The lowest BCUT2D eigenvalue weighted by atomic mass is 10.0. The van der Waals surface area contributed by atoms with Crippen molar-refractivity contribution in [2.45, 2.75) is 25.4 Å². The summed E-state index contributed by atoms with van der Waals surface area (Å²) in [6, 6.07) is 0. The fourth-order valence-corrected chi connectivity index (χ4v) is 4.93. The maximum atomic E-state index is 11.6. The summed E-state index contributed by atoms with van der Waals surface area (Å²) in [5.41, 5.74) is 1.40. The highest BCUT2D eigenvalue weighted by atomic mass is 79.9. The van der Waals surface area contributed by atoms with Gasteiger partial charge in [-0.2, -0.15) is 0 Å². The van der Waals surface area contributed by atoms with Crippen molar-refractivity contribution in [2.75, 3.05) is 11.5 Å². The number of hydrogen-bond acceptors (Lipinski definition) is 5. The summed E-state index contributed by atoms with van der Waals surface area (Å²) < 4.78 is 25.9. The smallest absolute Gasteiger partial charge is 0.155 e. The number of sulfone groups is 1. The predicted octanol–water partition coefficient (Wildman–Crippen LogP) is 1.16. The Labute approximate surface area is 125 Å². The molecular weight excluding hydrogens is 344 g/mol. The van der Waals surface area contributed by atoms with Crippen molar-refractivity contribution in [3.8, 4) is 0 Å². The van der Waals surface area contributed by atoms with E-state index in [0.717, 1.165) is 15.9 Å². The number of hydrogen-bond donors (Lipinski definition) is 1.